The SMILES string of the molecule is CCCCC/C=C\C/C=C\CCCCCCCCCC(=O)OCC(COP(=O)(O)OCCN)OC(=O)CCCCCCCCCCCCCC/C=C\C/C=C\C/C=C\CCCCCCC. The van der Waals surface area contributed by atoms with Crippen LogP contribution >= 0.6 is 7.82 Å². The number of unbranched alkanes of at least 4 members (excludes halogenated alkanes) is 27. The normalized spacial score (nSPS) is 13.6. The standard InChI is InChI=1S/C55H100NO8P/c1-3-5-7-9-11-13-15-17-19-21-22-23-24-25-26-27-28-29-30-32-34-36-38-40-42-44-46-48-55(58)64-53(52-63-65(59,60)62-50-49-56)51-61-54(57)47-45-43-41-39-37-35-33-31-20-18-16-14-12-10-8-6-4-2/h12,14-15,17-18,20-22,24-25,53H,3-11,13,16,19,23,26-52,56H2,1-2H3,(H,59,60)/b14-12-,17-15-,20-18-,22-21-,25-24-. The van der Waals surface area contributed by atoms with Crippen molar-refractivity contribution in [3.8, 4) is 0 Å². The van der Waals surface area contributed by atoms with Crippen molar-refractivity contribution in [3.05, 3.63) is 60.8 Å². The molecule has 65 heavy (non-hydrogen) atoms. The summed E-state index contributed by atoms with van der Waals surface area (Å²) in [5.41, 5.74) is 5.37. The van der Waals surface area contributed by atoms with Crippen LogP contribution in [0.1, 0.15) is 245 Å². The van der Waals surface area contributed by atoms with Gasteiger partial charge >= 0.3 is 19.8 Å². The monoisotopic (exact) mass is 934 g/mol. The van der Waals surface area contributed by atoms with Crippen molar-refractivity contribution >= 4 is 19.8 Å². The van der Waals surface area contributed by atoms with E-state index in [0.29, 0.717) is 6.42 Å². The van der Waals surface area contributed by atoms with Crippen molar-refractivity contribution in [3.63, 3.8) is 0 Å². The average molecular weight is 934 g/mol. The molecule has 0 aliphatic heterocycles. The van der Waals surface area contributed by atoms with Crippen molar-refractivity contribution in [1.82, 2.24) is 0 Å². The second-order valence-corrected chi connectivity index (χ2v) is 19.2. The van der Waals surface area contributed by atoms with Gasteiger partial charge in [-0.05, 0) is 83.5 Å². The Bertz CT molecular complexity index is 1250. The second-order valence-electron chi connectivity index (χ2n) is 17.7. The van der Waals surface area contributed by atoms with E-state index in [-0.39, 0.29) is 38.6 Å². The van der Waals surface area contributed by atoms with E-state index in [1.165, 1.54) is 141 Å². The number of ether oxygens (including phenoxy) is 2. The van der Waals surface area contributed by atoms with E-state index in [9.17, 15) is 19.0 Å². The molecule has 0 saturated heterocycles. The number of hydrogen-bond acceptors (Lipinski definition) is 8. The van der Waals surface area contributed by atoms with Gasteiger partial charge in [0.05, 0.1) is 13.2 Å². The molecule has 2 unspecified atom stereocenters. The molecule has 0 amide bonds. The van der Waals surface area contributed by atoms with Crippen molar-refractivity contribution < 1.29 is 37.6 Å². The van der Waals surface area contributed by atoms with E-state index >= 15 is 0 Å². The van der Waals surface area contributed by atoms with Crippen molar-refractivity contribution in [2.24, 2.45) is 5.73 Å². The molecule has 378 valence electrons. The maximum atomic E-state index is 12.7. The van der Waals surface area contributed by atoms with Gasteiger partial charge in [-0.25, -0.2) is 4.57 Å². The Morgan fingerprint density at radius 1 is 0.462 bits per heavy atom. The Labute approximate surface area is 399 Å². The minimum absolute atomic E-state index is 0.0503. The van der Waals surface area contributed by atoms with Gasteiger partial charge in [-0.1, -0.05) is 209 Å². The van der Waals surface area contributed by atoms with Crippen LogP contribution in [0.2, 0.25) is 0 Å². The molecular formula is C55H100NO8P. The smallest absolute Gasteiger partial charge is 0.462 e. The number of carbonyl (C=O) groups is 2. The summed E-state index contributed by atoms with van der Waals surface area (Å²) in [4.78, 5) is 35.1. The maximum Gasteiger partial charge on any atom is 0.472 e. The highest BCUT2D eigenvalue weighted by Crippen LogP contribution is 2.43. The number of allylic oxidation sites excluding steroid dienone is 10. The average Bonchev–Trinajstić information content (AvgIpc) is 3.30. The fourth-order valence-corrected chi connectivity index (χ4v) is 8.14. The number of rotatable bonds is 50. The Kier molecular flexibility index (Phi) is 49.3. The minimum Gasteiger partial charge on any atom is -0.462 e. The molecule has 0 aliphatic carbocycles. The Morgan fingerprint density at radius 3 is 1.22 bits per heavy atom. The molecule has 0 radical (unpaired) electrons. The number of esters is 2. The highest BCUT2D eigenvalue weighted by atomic mass is 31.2. The fraction of sp³-hybridized carbons (Fsp3) is 0.782. The molecule has 0 aromatic carbocycles. The van der Waals surface area contributed by atoms with Crippen LogP contribution < -0.4 is 5.73 Å². The molecule has 0 aromatic rings. The van der Waals surface area contributed by atoms with Crippen LogP contribution in [0, 0.1) is 0 Å². The van der Waals surface area contributed by atoms with Gasteiger partial charge in [-0.3, -0.25) is 18.6 Å². The van der Waals surface area contributed by atoms with Crippen LogP contribution in [0.25, 0.3) is 0 Å². The summed E-state index contributed by atoms with van der Waals surface area (Å²) in [5, 5.41) is 0. The zero-order chi connectivity index (χ0) is 47.4. The number of phosphoric acid groups is 1. The maximum absolute atomic E-state index is 12.7. The van der Waals surface area contributed by atoms with Crippen LogP contribution in [-0.4, -0.2) is 49.3 Å². The van der Waals surface area contributed by atoms with E-state index < -0.39 is 26.5 Å². The number of nitrogens with two attached hydrogens (primary N) is 1. The third-order valence-corrected chi connectivity index (χ3v) is 12.4. The van der Waals surface area contributed by atoms with Crippen LogP contribution in [0.4, 0.5) is 0 Å². The molecule has 9 nitrogen and oxygen atoms in total. The van der Waals surface area contributed by atoms with Gasteiger partial charge in [-0.2, -0.15) is 0 Å². The van der Waals surface area contributed by atoms with E-state index in [2.05, 4.69) is 74.6 Å². The molecule has 0 spiro atoms. The molecule has 0 heterocycles. The molecule has 3 N–H and O–H groups in total. The molecule has 0 aliphatic rings. The summed E-state index contributed by atoms with van der Waals surface area (Å²) in [6.45, 7) is 3.71. The van der Waals surface area contributed by atoms with Crippen molar-refractivity contribution in [2.75, 3.05) is 26.4 Å². The van der Waals surface area contributed by atoms with Crippen molar-refractivity contribution in [1.29, 1.82) is 0 Å². The predicted octanol–water partition coefficient (Wildman–Crippen LogP) is 16.4. The van der Waals surface area contributed by atoms with Gasteiger partial charge in [0.15, 0.2) is 6.10 Å². The summed E-state index contributed by atoms with van der Waals surface area (Å²) in [6, 6.07) is 0. The van der Waals surface area contributed by atoms with Gasteiger partial charge in [0, 0.05) is 19.4 Å². The van der Waals surface area contributed by atoms with E-state index in [1.807, 2.05) is 0 Å². The van der Waals surface area contributed by atoms with Gasteiger partial charge in [0.25, 0.3) is 0 Å². The first-order chi connectivity index (χ1) is 31.8. The molecule has 0 saturated carbocycles. The molecule has 0 rings (SSSR count). The van der Waals surface area contributed by atoms with Crippen LogP contribution in [0.15, 0.2) is 60.8 Å². The summed E-state index contributed by atoms with van der Waals surface area (Å²) in [5.74, 6) is -0.836. The van der Waals surface area contributed by atoms with Crippen LogP contribution in [0.3, 0.4) is 0 Å². The number of carbonyl (C=O) groups excluding carboxylic acids is 2. The summed E-state index contributed by atoms with van der Waals surface area (Å²) in [7, 11) is -4.39. The molecule has 0 fully saturated rings. The molecule has 0 bridgehead atoms. The van der Waals surface area contributed by atoms with Crippen LogP contribution in [0.5, 0.6) is 0 Å². The first kappa shape index (κ1) is 62.7. The van der Waals surface area contributed by atoms with Gasteiger partial charge in [0.1, 0.15) is 6.61 Å². The zero-order valence-corrected chi connectivity index (χ0v) is 42.9. The third-order valence-electron chi connectivity index (χ3n) is 11.4. The molecule has 10 heteroatoms. The Hall–Kier alpha value is -2.29. The summed E-state index contributed by atoms with van der Waals surface area (Å²) in [6.07, 6.45) is 62.6. The first-order valence-corrected chi connectivity index (χ1v) is 28.3. The quantitative estimate of drug-likeness (QED) is 0.0265. The zero-order valence-electron chi connectivity index (χ0n) is 42.0. The highest BCUT2D eigenvalue weighted by Gasteiger charge is 2.26. The van der Waals surface area contributed by atoms with Gasteiger partial charge < -0.3 is 20.1 Å². The lowest BCUT2D eigenvalue weighted by Crippen LogP contribution is -2.29. The first-order valence-electron chi connectivity index (χ1n) is 26.8. The topological polar surface area (TPSA) is 134 Å². The minimum atomic E-state index is -4.39. The van der Waals surface area contributed by atoms with E-state index in [0.717, 1.165) is 70.6 Å². The lowest BCUT2D eigenvalue weighted by Gasteiger charge is -2.19. The van der Waals surface area contributed by atoms with Gasteiger partial charge in [0.2, 0.25) is 0 Å². The third kappa shape index (κ3) is 51.0. The second kappa shape index (κ2) is 51.1. The van der Waals surface area contributed by atoms with Crippen LogP contribution in [-0.2, 0) is 32.7 Å². The fourth-order valence-electron chi connectivity index (χ4n) is 7.38. The molecule has 0 aromatic heterocycles. The van der Waals surface area contributed by atoms with Crippen molar-refractivity contribution in [2.45, 2.75) is 251 Å². The van der Waals surface area contributed by atoms with E-state index in [4.69, 9.17) is 24.3 Å². The lowest BCUT2D eigenvalue weighted by atomic mass is 10.0. The summed E-state index contributed by atoms with van der Waals surface area (Å²) < 4.78 is 32.9. The predicted molar refractivity (Wildman–Crippen MR) is 275 cm³/mol. The summed E-state index contributed by atoms with van der Waals surface area (Å²) >= 11 is 0. The molecule has 2 atom stereocenters. The Morgan fingerprint density at radius 2 is 0.800 bits per heavy atom. The number of hydrogen-bond donors (Lipinski definition) is 2. The Balaban J connectivity index is 4.01. The van der Waals surface area contributed by atoms with E-state index in [1.54, 1.807) is 0 Å². The lowest BCUT2D eigenvalue weighted by molar-refractivity contribution is -0.161. The molecular weight excluding hydrogens is 834 g/mol. The number of phosphoric ester groups is 1. The largest absolute Gasteiger partial charge is 0.472 e. The highest BCUT2D eigenvalue weighted by molar-refractivity contribution is 7.47. The van der Waals surface area contributed by atoms with Gasteiger partial charge in [-0.15, -0.1) is 0 Å².